The number of H-pyrrole nitrogens is 1. The topological polar surface area (TPSA) is 129 Å². The second-order valence-corrected chi connectivity index (χ2v) is 8.63. The maximum absolute atomic E-state index is 14.4. The number of aromatic amines is 1. The number of nitrogens with two attached hydrogens (primary N) is 1. The lowest BCUT2D eigenvalue weighted by atomic mass is 9.72. The van der Waals surface area contributed by atoms with Gasteiger partial charge in [0.25, 0.3) is 0 Å². The smallest absolute Gasteiger partial charge is 0.326 e. The molecule has 0 spiro atoms. The third-order valence-electron chi connectivity index (χ3n) is 6.73. The van der Waals surface area contributed by atoms with E-state index in [9.17, 15) is 4.39 Å². The molecule has 1 saturated heterocycles. The van der Waals surface area contributed by atoms with Gasteiger partial charge in [-0.05, 0) is 42.5 Å². The molecule has 3 atom stereocenters. The maximum Gasteiger partial charge on any atom is 0.326 e. The first-order valence-electron chi connectivity index (χ1n) is 10.8. The number of anilines is 2. The van der Waals surface area contributed by atoms with Crippen LogP contribution in [0.4, 0.5) is 15.9 Å². The molecule has 3 aromatic heterocycles. The number of hydrogen-bond donors (Lipinski definition) is 3. The Morgan fingerprint density at radius 2 is 2.18 bits per heavy atom. The highest BCUT2D eigenvalue weighted by atomic mass is 19.1. The van der Waals surface area contributed by atoms with E-state index in [1.165, 1.54) is 18.3 Å². The number of pyridine rings is 1. The molecule has 10 heteroatoms. The number of nitrogens with zero attached hydrogens (tertiary/aromatic N) is 5. The molecule has 4 N–H and O–H groups in total. The van der Waals surface area contributed by atoms with Crippen molar-refractivity contribution in [2.75, 3.05) is 30.4 Å². The zero-order chi connectivity index (χ0) is 22.7. The second-order valence-electron chi connectivity index (χ2n) is 8.63. The molecule has 9 nitrogen and oxygen atoms in total. The molecule has 1 aliphatic heterocycles. The first-order valence-corrected chi connectivity index (χ1v) is 10.8. The monoisotopic (exact) mass is 444 g/mol. The van der Waals surface area contributed by atoms with Crippen LogP contribution in [0.2, 0.25) is 0 Å². The standard InChI is InChI=1S/C23H21FN8O/c1-27-18-6-12(24)5-15-19-21(29-20(15)18)30-23(33-14-3-2-13(7-25)28-8-14)31-22(19)32-9-11-4-17(26)16(11)10-32/h2-3,5-6,8,11,16-17,27H,4,9-10,26H2,1H3,(H,29,30,31)/t11?,16?,17-/m1/s1. The Kier molecular flexibility index (Phi) is 4.35. The van der Waals surface area contributed by atoms with Gasteiger partial charge in [0.15, 0.2) is 0 Å². The van der Waals surface area contributed by atoms with E-state index in [4.69, 9.17) is 20.7 Å². The van der Waals surface area contributed by atoms with Crippen LogP contribution in [-0.2, 0) is 0 Å². The summed E-state index contributed by atoms with van der Waals surface area (Å²) in [5, 5.41) is 13.5. The minimum Gasteiger partial charge on any atom is -0.423 e. The molecule has 2 aliphatic rings. The van der Waals surface area contributed by atoms with E-state index in [0.717, 1.165) is 30.4 Å². The number of hydrogen-bond acceptors (Lipinski definition) is 8. The van der Waals surface area contributed by atoms with Gasteiger partial charge in [0.1, 0.15) is 34.8 Å². The number of ether oxygens (including phenoxy) is 1. The van der Waals surface area contributed by atoms with Crippen molar-refractivity contribution >= 4 is 33.4 Å². The Morgan fingerprint density at radius 1 is 1.30 bits per heavy atom. The molecule has 0 radical (unpaired) electrons. The molecule has 166 valence electrons. The van der Waals surface area contributed by atoms with Gasteiger partial charge in [-0.3, -0.25) is 0 Å². The fourth-order valence-electron chi connectivity index (χ4n) is 5.04. The first-order chi connectivity index (χ1) is 16.0. The SMILES string of the molecule is CNc1cc(F)cc2c1[nH]c1nc(Oc3ccc(C#N)nc3)nc(N3CC4C[C@@H](N)C4C3)c12. The van der Waals surface area contributed by atoms with E-state index >= 15 is 0 Å². The van der Waals surface area contributed by atoms with Gasteiger partial charge >= 0.3 is 6.01 Å². The van der Waals surface area contributed by atoms with E-state index in [1.807, 2.05) is 6.07 Å². The molecule has 1 aliphatic carbocycles. The van der Waals surface area contributed by atoms with Crippen LogP contribution in [0.5, 0.6) is 11.8 Å². The first kappa shape index (κ1) is 19.7. The molecular formula is C23H21FN8O. The summed E-state index contributed by atoms with van der Waals surface area (Å²) < 4.78 is 20.3. The van der Waals surface area contributed by atoms with E-state index in [-0.39, 0.29) is 17.9 Å². The van der Waals surface area contributed by atoms with Gasteiger partial charge in [0.2, 0.25) is 0 Å². The highest BCUT2D eigenvalue weighted by Gasteiger charge is 2.46. The summed E-state index contributed by atoms with van der Waals surface area (Å²) in [5.74, 6) is 1.73. The summed E-state index contributed by atoms with van der Waals surface area (Å²) in [7, 11) is 1.75. The Balaban J connectivity index is 1.51. The third-order valence-corrected chi connectivity index (χ3v) is 6.73. The van der Waals surface area contributed by atoms with Gasteiger partial charge in [-0.25, -0.2) is 9.37 Å². The summed E-state index contributed by atoms with van der Waals surface area (Å²) in [6, 6.07) is 8.49. The van der Waals surface area contributed by atoms with Gasteiger partial charge in [-0.2, -0.15) is 15.2 Å². The molecule has 6 rings (SSSR count). The van der Waals surface area contributed by atoms with Gasteiger partial charge < -0.3 is 25.7 Å². The van der Waals surface area contributed by atoms with Gasteiger partial charge in [0.05, 0.1) is 22.8 Å². The van der Waals surface area contributed by atoms with Crippen molar-refractivity contribution in [1.29, 1.82) is 5.26 Å². The molecule has 4 heterocycles. The molecule has 2 unspecified atom stereocenters. The molecule has 4 aromatic rings. The highest BCUT2D eigenvalue weighted by Crippen LogP contribution is 2.44. The molecule has 0 bridgehead atoms. The van der Waals surface area contributed by atoms with Gasteiger partial charge in [-0.15, -0.1) is 0 Å². The normalized spacial score (nSPS) is 21.6. The van der Waals surface area contributed by atoms with Crippen LogP contribution in [0.25, 0.3) is 21.9 Å². The lowest BCUT2D eigenvalue weighted by Gasteiger charge is -2.36. The van der Waals surface area contributed by atoms with E-state index in [0.29, 0.717) is 45.8 Å². The molecular weight excluding hydrogens is 423 g/mol. The van der Waals surface area contributed by atoms with Crippen molar-refractivity contribution in [2.24, 2.45) is 17.6 Å². The van der Waals surface area contributed by atoms with Crippen LogP contribution in [0.15, 0.2) is 30.5 Å². The predicted octanol–water partition coefficient (Wildman–Crippen LogP) is 3.13. The second kappa shape index (κ2) is 7.28. The van der Waals surface area contributed by atoms with E-state index in [2.05, 4.69) is 25.2 Å². The number of halogens is 1. The van der Waals surface area contributed by atoms with Crippen LogP contribution < -0.4 is 20.7 Å². The number of nitrogens with one attached hydrogen (secondary N) is 2. The van der Waals surface area contributed by atoms with Crippen LogP contribution in [0.3, 0.4) is 0 Å². The van der Waals surface area contributed by atoms with Crippen LogP contribution >= 0.6 is 0 Å². The Morgan fingerprint density at radius 3 is 2.88 bits per heavy atom. The Hall–Kier alpha value is -3.97. The predicted molar refractivity (Wildman–Crippen MR) is 122 cm³/mol. The maximum atomic E-state index is 14.4. The fraction of sp³-hybridized carbons (Fsp3) is 0.304. The Labute approximate surface area is 188 Å². The average molecular weight is 444 g/mol. The molecule has 0 amide bonds. The zero-order valence-electron chi connectivity index (χ0n) is 17.8. The van der Waals surface area contributed by atoms with Crippen LogP contribution in [0, 0.1) is 29.0 Å². The number of rotatable bonds is 4. The minimum atomic E-state index is -0.341. The molecule has 1 saturated carbocycles. The largest absolute Gasteiger partial charge is 0.423 e. The minimum absolute atomic E-state index is 0.144. The van der Waals surface area contributed by atoms with E-state index < -0.39 is 0 Å². The quantitative estimate of drug-likeness (QED) is 0.438. The third kappa shape index (κ3) is 3.12. The molecule has 33 heavy (non-hydrogen) atoms. The number of aromatic nitrogens is 4. The Bertz CT molecular complexity index is 1430. The number of nitriles is 1. The van der Waals surface area contributed by atoms with E-state index in [1.54, 1.807) is 19.2 Å². The van der Waals surface area contributed by atoms with Gasteiger partial charge in [-0.1, -0.05) is 0 Å². The summed E-state index contributed by atoms with van der Waals surface area (Å²) in [6.45, 7) is 1.62. The summed E-state index contributed by atoms with van der Waals surface area (Å²) in [5.41, 5.74) is 8.45. The average Bonchev–Trinajstić information content (AvgIpc) is 3.36. The van der Waals surface area contributed by atoms with Crippen LogP contribution in [0.1, 0.15) is 12.1 Å². The zero-order valence-corrected chi connectivity index (χ0v) is 17.8. The lowest BCUT2D eigenvalue weighted by Crippen LogP contribution is -2.46. The van der Waals surface area contributed by atoms with Crippen molar-refractivity contribution in [1.82, 2.24) is 19.9 Å². The molecule has 1 aromatic carbocycles. The van der Waals surface area contributed by atoms with Crippen molar-refractivity contribution in [3.05, 3.63) is 42.0 Å². The highest BCUT2D eigenvalue weighted by molar-refractivity contribution is 6.14. The summed E-state index contributed by atoms with van der Waals surface area (Å²) in [4.78, 5) is 18.9. The summed E-state index contributed by atoms with van der Waals surface area (Å²) >= 11 is 0. The van der Waals surface area contributed by atoms with Crippen molar-refractivity contribution in [3.8, 4) is 17.8 Å². The lowest BCUT2D eigenvalue weighted by molar-refractivity contribution is 0.194. The van der Waals surface area contributed by atoms with Crippen molar-refractivity contribution in [2.45, 2.75) is 12.5 Å². The number of benzene rings is 1. The fourth-order valence-corrected chi connectivity index (χ4v) is 5.04. The van der Waals surface area contributed by atoms with Crippen molar-refractivity contribution < 1.29 is 9.13 Å². The van der Waals surface area contributed by atoms with Crippen molar-refractivity contribution in [3.63, 3.8) is 0 Å². The van der Waals surface area contributed by atoms with Gasteiger partial charge in [0, 0.05) is 31.6 Å². The number of fused-ring (bicyclic) bond motifs is 4. The summed E-state index contributed by atoms with van der Waals surface area (Å²) in [6.07, 6.45) is 2.46. The molecule has 2 fully saturated rings. The van der Waals surface area contributed by atoms with Crippen LogP contribution in [-0.4, -0.2) is 46.1 Å².